The average molecular weight is 555 g/mol. The highest BCUT2D eigenvalue weighted by Crippen LogP contribution is 2.30. The van der Waals surface area contributed by atoms with Crippen LogP contribution in [0.5, 0.6) is 0 Å². The molecule has 0 spiro atoms. The minimum Gasteiger partial charge on any atom is -0.393 e. The van der Waals surface area contributed by atoms with Crippen LogP contribution in [0.1, 0.15) is 36.0 Å². The zero-order chi connectivity index (χ0) is 27.0. The fourth-order valence-corrected chi connectivity index (χ4v) is 5.87. The molecule has 1 aliphatic rings. The Morgan fingerprint density at radius 1 is 1.29 bits per heavy atom. The number of nitrogens with zero attached hydrogens (tertiary/aromatic N) is 5. The Bertz CT molecular complexity index is 1480. The predicted molar refractivity (Wildman–Crippen MR) is 152 cm³/mol. The normalized spacial score (nSPS) is 18.4. The van der Waals surface area contributed by atoms with Crippen LogP contribution < -0.4 is 5.32 Å². The van der Waals surface area contributed by atoms with E-state index in [0.29, 0.717) is 46.2 Å². The summed E-state index contributed by atoms with van der Waals surface area (Å²) in [6, 6.07) is 6.60. The van der Waals surface area contributed by atoms with Gasteiger partial charge in [-0.2, -0.15) is 5.10 Å². The van der Waals surface area contributed by atoms with Crippen LogP contribution in [0.2, 0.25) is 30.7 Å². The standard InChI is InChI=1S/C27H35ClN6O3Si/c1-33-23-12-17(28)8-9-20(23)24(32-33)22-14-29-26-25(31-22)21(15-34(26)16-37-10-11-38(2,3)4)27(36)30-18-6-5-7-19(35)13-18/h8-9,12,14-15,18-19,35H,5-7,10-11,13,16H2,1-4H3,(H,30,36). The van der Waals surface area contributed by atoms with E-state index in [-0.39, 0.29) is 24.8 Å². The van der Waals surface area contributed by atoms with Crippen LogP contribution in [0.15, 0.2) is 30.6 Å². The summed E-state index contributed by atoms with van der Waals surface area (Å²) in [4.78, 5) is 23.1. The van der Waals surface area contributed by atoms with Crippen molar-refractivity contribution in [3.63, 3.8) is 0 Å². The Hall–Kier alpha value is -2.79. The lowest BCUT2D eigenvalue weighted by Crippen LogP contribution is -2.39. The van der Waals surface area contributed by atoms with E-state index < -0.39 is 8.07 Å². The molecular weight excluding hydrogens is 520 g/mol. The number of aliphatic hydroxyl groups excluding tert-OH is 1. The lowest BCUT2D eigenvalue weighted by molar-refractivity contribution is 0.0844. The second kappa shape index (κ2) is 10.8. The minimum atomic E-state index is -1.23. The molecule has 0 aliphatic heterocycles. The second-order valence-corrected chi connectivity index (χ2v) is 17.5. The quantitative estimate of drug-likeness (QED) is 0.235. The van der Waals surface area contributed by atoms with Crippen molar-refractivity contribution in [3.8, 4) is 11.4 Å². The number of amides is 1. The van der Waals surface area contributed by atoms with E-state index in [9.17, 15) is 9.90 Å². The van der Waals surface area contributed by atoms with Crippen molar-refractivity contribution >= 4 is 47.6 Å². The number of benzene rings is 1. The third-order valence-electron chi connectivity index (χ3n) is 7.07. The molecule has 1 fully saturated rings. The molecule has 1 amide bonds. The fourth-order valence-electron chi connectivity index (χ4n) is 4.95. The molecule has 0 bridgehead atoms. The number of hydrogen-bond donors (Lipinski definition) is 2. The molecule has 202 valence electrons. The zero-order valence-corrected chi connectivity index (χ0v) is 24.1. The number of nitrogens with one attached hydrogen (secondary N) is 1. The molecule has 4 aromatic rings. The number of carbonyl (C=O) groups is 1. The van der Waals surface area contributed by atoms with Gasteiger partial charge < -0.3 is 19.7 Å². The van der Waals surface area contributed by atoms with E-state index in [1.165, 1.54) is 0 Å². The van der Waals surface area contributed by atoms with Crippen molar-refractivity contribution in [1.82, 2.24) is 29.6 Å². The first-order chi connectivity index (χ1) is 18.1. The first-order valence-corrected chi connectivity index (χ1v) is 17.2. The number of carbonyl (C=O) groups excluding carboxylic acids is 1. The smallest absolute Gasteiger partial charge is 0.255 e. The monoisotopic (exact) mass is 554 g/mol. The van der Waals surface area contributed by atoms with Gasteiger partial charge in [-0.15, -0.1) is 0 Å². The number of ether oxygens (including phenoxy) is 1. The van der Waals surface area contributed by atoms with Crippen molar-refractivity contribution in [2.75, 3.05) is 6.61 Å². The van der Waals surface area contributed by atoms with Gasteiger partial charge in [-0.05, 0) is 49.9 Å². The first kappa shape index (κ1) is 26.8. The largest absolute Gasteiger partial charge is 0.393 e. The maximum absolute atomic E-state index is 13.5. The van der Waals surface area contributed by atoms with Crippen LogP contribution in [0.4, 0.5) is 0 Å². The Kier molecular flexibility index (Phi) is 7.59. The molecule has 5 rings (SSSR count). The molecule has 11 heteroatoms. The molecule has 2 unspecified atom stereocenters. The van der Waals surface area contributed by atoms with Crippen LogP contribution in [-0.2, 0) is 18.5 Å². The molecule has 2 N–H and O–H groups in total. The van der Waals surface area contributed by atoms with Crippen molar-refractivity contribution in [3.05, 3.63) is 41.2 Å². The van der Waals surface area contributed by atoms with Gasteiger partial charge in [-0.1, -0.05) is 31.2 Å². The average Bonchev–Trinajstić information content (AvgIpc) is 3.38. The van der Waals surface area contributed by atoms with Gasteiger partial charge in [0.15, 0.2) is 5.65 Å². The van der Waals surface area contributed by atoms with E-state index in [1.54, 1.807) is 17.1 Å². The summed E-state index contributed by atoms with van der Waals surface area (Å²) in [7, 11) is 0.635. The van der Waals surface area contributed by atoms with Crippen LogP contribution in [0.25, 0.3) is 33.5 Å². The van der Waals surface area contributed by atoms with E-state index in [0.717, 1.165) is 36.2 Å². The topological polar surface area (TPSA) is 107 Å². The Morgan fingerprint density at radius 2 is 2.11 bits per heavy atom. The van der Waals surface area contributed by atoms with Crippen LogP contribution in [0, 0.1) is 0 Å². The summed E-state index contributed by atoms with van der Waals surface area (Å²) < 4.78 is 9.60. The van der Waals surface area contributed by atoms with Gasteiger partial charge in [-0.25, -0.2) is 9.97 Å². The zero-order valence-electron chi connectivity index (χ0n) is 22.4. The van der Waals surface area contributed by atoms with E-state index in [2.05, 4.69) is 30.1 Å². The highest BCUT2D eigenvalue weighted by Gasteiger charge is 2.25. The summed E-state index contributed by atoms with van der Waals surface area (Å²) in [5, 5.41) is 19.4. The number of aromatic nitrogens is 5. The predicted octanol–water partition coefficient (Wildman–Crippen LogP) is 4.98. The van der Waals surface area contributed by atoms with Crippen LogP contribution in [0.3, 0.4) is 0 Å². The highest BCUT2D eigenvalue weighted by molar-refractivity contribution is 6.76. The van der Waals surface area contributed by atoms with E-state index in [1.807, 2.05) is 29.8 Å². The molecule has 3 heterocycles. The third-order valence-corrected chi connectivity index (χ3v) is 9.01. The molecule has 0 radical (unpaired) electrons. The summed E-state index contributed by atoms with van der Waals surface area (Å²) >= 11 is 6.21. The van der Waals surface area contributed by atoms with E-state index in [4.69, 9.17) is 26.3 Å². The van der Waals surface area contributed by atoms with Gasteiger partial charge in [-0.3, -0.25) is 9.48 Å². The summed E-state index contributed by atoms with van der Waals surface area (Å²) in [5.74, 6) is -0.223. The van der Waals surface area contributed by atoms with Gasteiger partial charge in [0, 0.05) is 44.4 Å². The van der Waals surface area contributed by atoms with Crippen LogP contribution in [-0.4, -0.2) is 62.2 Å². The second-order valence-electron chi connectivity index (χ2n) is 11.4. The first-order valence-electron chi connectivity index (χ1n) is 13.1. The van der Waals surface area contributed by atoms with Gasteiger partial charge in [0.25, 0.3) is 5.91 Å². The van der Waals surface area contributed by atoms with Gasteiger partial charge in [0.05, 0.1) is 23.4 Å². The number of aliphatic hydroxyl groups is 1. The Labute approximate surface area is 228 Å². The Morgan fingerprint density at radius 3 is 2.87 bits per heavy atom. The summed E-state index contributed by atoms with van der Waals surface area (Å²) in [6.07, 6.45) is 6.15. The van der Waals surface area contributed by atoms with Crippen molar-refractivity contribution in [2.24, 2.45) is 7.05 Å². The van der Waals surface area contributed by atoms with Crippen molar-refractivity contribution < 1.29 is 14.6 Å². The molecule has 1 saturated carbocycles. The lowest BCUT2D eigenvalue weighted by atomic mass is 9.93. The number of halogens is 1. The van der Waals surface area contributed by atoms with Gasteiger partial charge >= 0.3 is 0 Å². The maximum Gasteiger partial charge on any atom is 0.255 e. The molecule has 3 aromatic heterocycles. The highest BCUT2D eigenvalue weighted by atomic mass is 35.5. The molecule has 1 aliphatic carbocycles. The SMILES string of the molecule is Cn1nc(-c2cnc3c(n2)c(C(=O)NC2CCCC(O)C2)cn3COCC[Si](C)(C)C)c2ccc(Cl)cc21. The third kappa shape index (κ3) is 5.78. The molecule has 9 nitrogen and oxygen atoms in total. The van der Waals surface area contributed by atoms with Gasteiger partial charge in [0.2, 0.25) is 0 Å². The molecular formula is C27H35ClN6O3Si. The number of hydrogen-bond acceptors (Lipinski definition) is 6. The lowest BCUT2D eigenvalue weighted by Gasteiger charge is -2.26. The molecule has 0 saturated heterocycles. The molecule has 1 aromatic carbocycles. The van der Waals surface area contributed by atoms with Crippen molar-refractivity contribution in [1.29, 1.82) is 0 Å². The van der Waals surface area contributed by atoms with Gasteiger partial charge in [0.1, 0.15) is 23.6 Å². The fraction of sp³-hybridized carbons (Fsp3) is 0.481. The number of rotatable bonds is 8. The number of aryl methyl sites for hydroxylation is 1. The molecule has 38 heavy (non-hydrogen) atoms. The number of fused-ring (bicyclic) bond motifs is 2. The maximum atomic E-state index is 13.5. The molecule has 2 atom stereocenters. The Balaban J connectivity index is 1.51. The minimum absolute atomic E-state index is 0.0710. The summed E-state index contributed by atoms with van der Waals surface area (Å²) in [6.45, 7) is 7.89. The summed E-state index contributed by atoms with van der Waals surface area (Å²) in [5.41, 5.74) is 3.65. The van der Waals surface area contributed by atoms with Crippen molar-refractivity contribution in [2.45, 2.75) is 70.2 Å². The van der Waals surface area contributed by atoms with Crippen LogP contribution >= 0.6 is 11.6 Å². The van der Waals surface area contributed by atoms with E-state index >= 15 is 0 Å².